The Labute approximate surface area is 173 Å². The van der Waals surface area contributed by atoms with Crippen molar-refractivity contribution in [2.24, 2.45) is 4.99 Å². The monoisotopic (exact) mass is 418 g/mol. The number of carbonyl (C=O) groups is 1. The second-order valence-corrected chi connectivity index (χ2v) is 6.64. The Morgan fingerprint density at radius 1 is 1.33 bits per heavy atom. The molecule has 0 aliphatic carbocycles. The first-order valence-corrected chi connectivity index (χ1v) is 9.51. The highest BCUT2D eigenvalue weighted by atomic mass is 19.3. The average molecular weight is 418 g/mol. The van der Waals surface area contributed by atoms with Crippen LogP contribution in [0.5, 0.6) is 5.75 Å². The van der Waals surface area contributed by atoms with Crippen LogP contribution in [0.15, 0.2) is 53.8 Å². The summed E-state index contributed by atoms with van der Waals surface area (Å²) in [5.41, 5.74) is 1.24. The number of nitrogens with one attached hydrogen (secondary N) is 3. The highest BCUT2D eigenvalue weighted by Gasteiger charge is 2.26. The second kappa shape index (κ2) is 10.4. The zero-order valence-electron chi connectivity index (χ0n) is 16.5. The minimum absolute atomic E-state index is 0.0378. The van der Waals surface area contributed by atoms with Crippen molar-refractivity contribution in [3.8, 4) is 5.75 Å². The molecule has 1 unspecified atom stereocenters. The fraction of sp³-hybridized carbons (Fsp3) is 0.350. The first-order chi connectivity index (χ1) is 14.5. The van der Waals surface area contributed by atoms with E-state index in [9.17, 15) is 13.6 Å². The summed E-state index contributed by atoms with van der Waals surface area (Å²) in [4.78, 5) is 22.1. The fourth-order valence-electron chi connectivity index (χ4n) is 3.20. The molecule has 1 amide bonds. The molecule has 1 atom stereocenters. The van der Waals surface area contributed by atoms with Crippen LogP contribution in [0.2, 0.25) is 0 Å². The van der Waals surface area contributed by atoms with Gasteiger partial charge in [0.2, 0.25) is 5.91 Å². The summed E-state index contributed by atoms with van der Waals surface area (Å²) in [5.74, 6) is 0.417. The first-order valence-electron chi connectivity index (χ1n) is 9.51. The van der Waals surface area contributed by atoms with Gasteiger partial charge in [0.15, 0.2) is 5.96 Å². The Morgan fingerprint density at radius 3 is 2.90 bits per heavy atom. The minimum Gasteiger partial charge on any atom is -0.433 e. The third-order valence-electron chi connectivity index (χ3n) is 4.54. The highest BCUT2D eigenvalue weighted by molar-refractivity contribution is 5.94. The predicted molar refractivity (Wildman–Crippen MR) is 111 cm³/mol. The summed E-state index contributed by atoms with van der Waals surface area (Å²) in [6, 6.07) is 10.3. The van der Waals surface area contributed by atoms with Gasteiger partial charge in [-0.3, -0.25) is 14.8 Å². The topological polar surface area (TPSA) is 90.9 Å². The molecule has 1 fully saturated rings. The van der Waals surface area contributed by atoms with E-state index in [2.05, 4.69) is 30.7 Å². The van der Waals surface area contributed by atoms with E-state index in [1.54, 1.807) is 49.8 Å². The number of rotatable bonds is 7. The van der Waals surface area contributed by atoms with Crippen molar-refractivity contribution in [2.75, 3.05) is 36.9 Å². The molecule has 1 aliphatic heterocycles. The normalized spacial score (nSPS) is 16.5. The zero-order chi connectivity index (χ0) is 21.3. The van der Waals surface area contributed by atoms with Gasteiger partial charge in [0, 0.05) is 32.4 Å². The van der Waals surface area contributed by atoms with E-state index in [1.165, 1.54) is 6.07 Å². The Kier molecular flexibility index (Phi) is 7.36. The van der Waals surface area contributed by atoms with Gasteiger partial charge < -0.3 is 25.6 Å². The number of halogens is 2. The van der Waals surface area contributed by atoms with Gasteiger partial charge in [-0.2, -0.15) is 8.78 Å². The smallest absolute Gasteiger partial charge is 0.387 e. The molecule has 0 spiro atoms. The van der Waals surface area contributed by atoms with E-state index in [0.29, 0.717) is 30.4 Å². The molecule has 10 heteroatoms. The van der Waals surface area contributed by atoms with Crippen molar-refractivity contribution in [3.05, 3.63) is 48.8 Å². The summed E-state index contributed by atoms with van der Waals surface area (Å²) in [5, 5.41) is 8.97. The summed E-state index contributed by atoms with van der Waals surface area (Å²) >= 11 is 0. The van der Waals surface area contributed by atoms with Crippen molar-refractivity contribution in [1.29, 1.82) is 0 Å². The number of carbonyl (C=O) groups excluding carboxylic acids is 1. The van der Waals surface area contributed by atoms with Crippen molar-refractivity contribution in [2.45, 2.75) is 19.1 Å². The highest BCUT2D eigenvalue weighted by Crippen LogP contribution is 2.31. The van der Waals surface area contributed by atoms with E-state index in [4.69, 9.17) is 0 Å². The first kappa shape index (κ1) is 21.3. The number of aromatic nitrogens is 1. The van der Waals surface area contributed by atoms with E-state index in [-0.39, 0.29) is 24.2 Å². The van der Waals surface area contributed by atoms with Gasteiger partial charge in [-0.25, -0.2) is 0 Å². The molecule has 3 rings (SSSR count). The number of nitrogens with zero attached hydrogens (tertiary/aromatic N) is 3. The summed E-state index contributed by atoms with van der Waals surface area (Å²) in [6.45, 7) is -1.56. The van der Waals surface area contributed by atoms with Crippen molar-refractivity contribution in [1.82, 2.24) is 15.6 Å². The molecule has 1 saturated heterocycles. The van der Waals surface area contributed by atoms with Crippen LogP contribution in [0.4, 0.5) is 20.2 Å². The van der Waals surface area contributed by atoms with Gasteiger partial charge >= 0.3 is 6.61 Å². The molecule has 2 heterocycles. The zero-order valence-corrected chi connectivity index (χ0v) is 16.5. The lowest BCUT2D eigenvalue weighted by Gasteiger charge is -2.22. The molecule has 1 aromatic carbocycles. The number of anilines is 2. The Balaban J connectivity index is 1.50. The number of guanidine groups is 1. The van der Waals surface area contributed by atoms with Crippen molar-refractivity contribution >= 4 is 23.2 Å². The SMILES string of the molecule is CN=C(NCC(=O)Nc1cccnc1)NC1CCN(c2ccccc2OC(F)F)C1. The number of amides is 1. The number of aliphatic imine (C=N–C) groups is 1. The van der Waals surface area contributed by atoms with Gasteiger partial charge in [-0.05, 0) is 30.7 Å². The molecule has 0 bridgehead atoms. The third kappa shape index (κ3) is 6.03. The van der Waals surface area contributed by atoms with Gasteiger partial charge in [0.05, 0.1) is 24.1 Å². The lowest BCUT2D eigenvalue weighted by atomic mass is 10.2. The van der Waals surface area contributed by atoms with Crippen molar-refractivity contribution in [3.63, 3.8) is 0 Å². The molecule has 30 heavy (non-hydrogen) atoms. The molecule has 1 aliphatic rings. The molecular weight excluding hydrogens is 394 g/mol. The minimum atomic E-state index is -2.87. The lowest BCUT2D eigenvalue weighted by molar-refractivity contribution is -0.115. The maximum absolute atomic E-state index is 12.7. The van der Waals surface area contributed by atoms with Crippen LogP contribution in [0.3, 0.4) is 0 Å². The average Bonchev–Trinajstić information content (AvgIpc) is 3.20. The number of pyridine rings is 1. The second-order valence-electron chi connectivity index (χ2n) is 6.64. The number of ether oxygens (including phenoxy) is 1. The predicted octanol–water partition coefficient (Wildman–Crippen LogP) is 2.07. The Bertz CT molecular complexity index is 865. The molecule has 8 nitrogen and oxygen atoms in total. The molecule has 0 radical (unpaired) electrons. The van der Waals surface area contributed by atoms with Crippen LogP contribution in [0.25, 0.3) is 0 Å². The number of benzene rings is 1. The van der Waals surface area contributed by atoms with Crippen LogP contribution >= 0.6 is 0 Å². The molecular formula is C20H24F2N6O2. The van der Waals surface area contributed by atoms with Gasteiger partial charge in [0.1, 0.15) is 5.75 Å². The standard InChI is InChI=1S/C20H24F2N6O2/c1-23-20(25-12-18(29)26-14-5-4-9-24-11-14)27-15-8-10-28(13-15)16-6-2-3-7-17(16)30-19(21)22/h2-7,9,11,15,19H,8,10,12-13H2,1H3,(H,26,29)(H2,23,25,27). The number of para-hydroxylation sites is 2. The van der Waals surface area contributed by atoms with Crippen LogP contribution in [0.1, 0.15) is 6.42 Å². The maximum atomic E-state index is 12.7. The van der Waals surface area contributed by atoms with E-state index >= 15 is 0 Å². The number of hydrogen-bond donors (Lipinski definition) is 3. The quantitative estimate of drug-likeness (QED) is 0.471. The molecule has 3 N–H and O–H groups in total. The Morgan fingerprint density at radius 2 is 2.17 bits per heavy atom. The molecule has 0 saturated carbocycles. The van der Waals surface area contributed by atoms with E-state index in [1.807, 2.05) is 4.90 Å². The summed E-state index contributed by atoms with van der Waals surface area (Å²) in [7, 11) is 1.62. The van der Waals surface area contributed by atoms with E-state index in [0.717, 1.165) is 6.42 Å². The molecule has 2 aromatic rings. The van der Waals surface area contributed by atoms with Crippen LogP contribution < -0.4 is 25.6 Å². The summed E-state index contributed by atoms with van der Waals surface area (Å²) in [6.07, 6.45) is 3.97. The Hall–Kier alpha value is -3.43. The number of hydrogen-bond acceptors (Lipinski definition) is 5. The van der Waals surface area contributed by atoms with Gasteiger partial charge in [-0.1, -0.05) is 12.1 Å². The molecule has 160 valence electrons. The number of alkyl halides is 2. The molecule has 1 aromatic heterocycles. The van der Waals surface area contributed by atoms with Crippen LogP contribution in [-0.2, 0) is 4.79 Å². The maximum Gasteiger partial charge on any atom is 0.387 e. The van der Waals surface area contributed by atoms with Crippen LogP contribution in [-0.4, -0.2) is 56.2 Å². The fourth-order valence-corrected chi connectivity index (χ4v) is 3.20. The summed E-state index contributed by atoms with van der Waals surface area (Å²) < 4.78 is 29.9. The third-order valence-corrected chi connectivity index (χ3v) is 4.54. The lowest BCUT2D eigenvalue weighted by Crippen LogP contribution is -2.46. The van der Waals surface area contributed by atoms with Gasteiger partial charge in [0.25, 0.3) is 0 Å². The van der Waals surface area contributed by atoms with Crippen LogP contribution in [0, 0.1) is 0 Å². The van der Waals surface area contributed by atoms with E-state index < -0.39 is 6.61 Å². The van der Waals surface area contributed by atoms with Gasteiger partial charge in [-0.15, -0.1) is 0 Å². The van der Waals surface area contributed by atoms with Crippen molar-refractivity contribution < 1.29 is 18.3 Å². The largest absolute Gasteiger partial charge is 0.433 e.